The lowest BCUT2D eigenvalue weighted by Gasteiger charge is -2.50. The molecule has 0 saturated carbocycles. The Labute approximate surface area is 333 Å². The minimum Gasteiger partial charge on any atom is -0.390 e. The van der Waals surface area contributed by atoms with Crippen LogP contribution in [-0.2, 0) is 47.4 Å². The maximum atomic E-state index is 11.4. The molecule has 11 nitrogen and oxygen atoms in total. The van der Waals surface area contributed by atoms with Crippen LogP contribution in [0.5, 0.6) is 0 Å². The monoisotopic (exact) mass is 784 g/mol. The van der Waals surface area contributed by atoms with E-state index in [2.05, 4.69) is 54.7 Å². The molecule has 11 fully saturated rings. The summed E-state index contributed by atoms with van der Waals surface area (Å²) in [5.41, 5.74) is 2.25. The van der Waals surface area contributed by atoms with E-state index in [1.54, 1.807) is 0 Å². The van der Waals surface area contributed by atoms with Crippen LogP contribution in [0.1, 0.15) is 119 Å². The fourth-order valence-corrected chi connectivity index (χ4v) is 13.0. The van der Waals surface area contributed by atoms with Crippen molar-refractivity contribution in [1.29, 1.82) is 0 Å². The van der Waals surface area contributed by atoms with Gasteiger partial charge in [0.1, 0.15) is 30.5 Å². The fraction of sp³-hybridized carbons (Fsp3) is 0.911. The first-order valence-electron chi connectivity index (χ1n) is 22.5. The van der Waals surface area contributed by atoms with Gasteiger partial charge in [0.15, 0.2) is 5.79 Å². The zero-order valence-corrected chi connectivity index (χ0v) is 34.6. The molecule has 11 saturated heterocycles. The van der Waals surface area contributed by atoms with E-state index in [1.165, 1.54) is 0 Å². The average molecular weight is 785 g/mol. The third-order valence-corrected chi connectivity index (χ3v) is 16.0. The normalized spacial score (nSPS) is 57.2. The number of ether oxygens (including phenoxy) is 10. The molecule has 23 atom stereocenters. The molecule has 0 aromatic carbocycles. The van der Waals surface area contributed by atoms with E-state index in [0.717, 1.165) is 75.4 Å². The lowest BCUT2D eigenvalue weighted by atomic mass is 9.78. The summed E-state index contributed by atoms with van der Waals surface area (Å²) in [5.74, 6) is -0.955. The third-order valence-electron chi connectivity index (χ3n) is 16.0. The molecule has 11 heterocycles. The molecule has 23 unspecified atom stereocenters. The van der Waals surface area contributed by atoms with Crippen LogP contribution in [0, 0.1) is 23.7 Å². The molecule has 11 aliphatic rings. The van der Waals surface area contributed by atoms with Crippen LogP contribution in [0.15, 0.2) is 24.3 Å². The molecule has 11 heteroatoms. The van der Waals surface area contributed by atoms with Crippen LogP contribution in [0.25, 0.3) is 0 Å². The van der Waals surface area contributed by atoms with Crippen molar-refractivity contribution >= 4 is 0 Å². The van der Waals surface area contributed by atoms with Crippen LogP contribution in [0.2, 0.25) is 0 Å². The molecule has 0 aromatic rings. The largest absolute Gasteiger partial charge is 0.390 e. The van der Waals surface area contributed by atoms with Gasteiger partial charge in [-0.25, -0.2) is 0 Å². The van der Waals surface area contributed by atoms with Crippen molar-refractivity contribution in [3.05, 3.63) is 24.3 Å². The highest BCUT2D eigenvalue weighted by Gasteiger charge is 2.81. The zero-order chi connectivity index (χ0) is 38.8. The predicted molar refractivity (Wildman–Crippen MR) is 205 cm³/mol. The van der Waals surface area contributed by atoms with Crippen molar-refractivity contribution in [3.8, 4) is 0 Å². The van der Waals surface area contributed by atoms with Gasteiger partial charge in [0.2, 0.25) is 5.79 Å². The van der Waals surface area contributed by atoms with Gasteiger partial charge in [0.05, 0.1) is 79.2 Å². The van der Waals surface area contributed by atoms with Gasteiger partial charge in [0.25, 0.3) is 0 Å². The highest BCUT2D eigenvalue weighted by Crippen LogP contribution is 2.65. The Morgan fingerprint density at radius 3 is 2.30 bits per heavy atom. The molecule has 0 aliphatic carbocycles. The molecule has 1 spiro atoms. The van der Waals surface area contributed by atoms with Gasteiger partial charge in [-0.05, 0) is 101 Å². The van der Waals surface area contributed by atoms with E-state index >= 15 is 0 Å². The van der Waals surface area contributed by atoms with Crippen LogP contribution in [-0.4, -0.2) is 120 Å². The smallest absolute Gasteiger partial charge is 0.206 e. The second kappa shape index (κ2) is 14.6. The number of aliphatic hydroxyl groups is 1. The molecule has 0 aromatic heterocycles. The molecule has 11 aliphatic heterocycles. The first-order valence-corrected chi connectivity index (χ1v) is 22.5. The molecule has 56 heavy (non-hydrogen) atoms. The van der Waals surface area contributed by atoms with Crippen molar-refractivity contribution in [2.24, 2.45) is 23.7 Å². The predicted octanol–water partition coefficient (Wildman–Crippen LogP) is 6.32. The maximum absolute atomic E-state index is 11.4. The summed E-state index contributed by atoms with van der Waals surface area (Å²) in [4.78, 5) is 0. The number of hydrogen-bond acceptors (Lipinski definition) is 11. The average Bonchev–Trinajstić information content (AvgIpc) is 3.82. The van der Waals surface area contributed by atoms with Gasteiger partial charge in [-0.2, -0.15) is 0 Å². The summed E-state index contributed by atoms with van der Waals surface area (Å²) in [6.45, 7) is 22.0. The Morgan fingerprint density at radius 2 is 1.48 bits per heavy atom. The van der Waals surface area contributed by atoms with Crippen molar-refractivity contribution in [2.45, 2.75) is 234 Å². The Hall–Kier alpha value is -0.960. The molecule has 6 bridgehead atoms. The highest BCUT2D eigenvalue weighted by atomic mass is 16.8. The van der Waals surface area contributed by atoms with Crippen molar-refractivity contribution < 1.29 is 52.5 Å². The minimum absolute atomic E-state index is 0.000911. The van der Waals surface area contributed by atoms with Gasteiger partial charge >= 0.3 is 0 Å². The van der Waals surface area contributed by atoms with E-state index in [-0.39, 0.29) is 109 Å². The first-order chi connectivity index (χ1) is 26.9. The number of hydrogen-bond donors (Lipinski definition) is 1. The quantitative estimate of drug-likeness (QED) is 0.266. The van der Waals surface area contributed by atoms with E-state index in [1.807, 2.05) is 0 Å². The van der Waals surface area contributed by atoms with Crippen molar-refractivity contribution in [1.82, 2.24) is 0 Å². The Kier molecular flexibility index (Phi) is 10.2. The number of aliphatic hydroxyl groups excluding tert-OH is 1. The Morgan fingerprint density at radius 1 is 0.679 bits per heavy atom. The molecule has 0 amide bonds. The summed E-state index contributed by atoms with van der Waals surface area (Å²) in [6.07, 6.45) is 8.42. The number of fused-ring (bicyclic) bond motifs is 2. The first kappa shape index (κ1) is 39.2. The standard InChI is InChI=1S/C45H68O11/c1-9-30-23(4)18-35-38(51-30)27(8)37(46)34(50-35)20-33-26(7)21(2)16-28(49-33)11-13-31-22(3)17-29(48-31)14-15-44-36-19-25(6)53-45(36)43(56-44)42-41(55-45)40(54-44)39-32(52-42)12-10-24(5)47-39/h21,23-25,27-43,46H,3,7,9-20H2,1-2,4-6,8H3. The van der Waals surface area contributed by atoms with Crippen LogP contribution in [0.4, 0.5) is 0 Å². The minimum atomic E-state index is -0.841. The van der Waals surface area contributed by atoms with Crippen molar-refractivity contribution in [3.63, 3.8) is 0 Å². The molecule has 11 rings (SSSR count). The Bertz CT molecular complexity index is 1510. The summed E-state index contributed by atoms with van der Waals surface area (Å²) in [5, 5.41) is 11.4. The lowest BCUT2D eigenvalue weighted by molar-refractivity contribution is -0.311. The summed E-state index contributed by atoms with van der Waals surface area (Å²) in [7, 11) is 0. The Balaban J connectivity index is 0.763. The maximum Gasteiger partial charge on any atom is 0.206 e. The third kappa shape index (κ3) is 6.30. The summed E-state index contributed by atoms with van der Waals surface area (Å²) in [6, 6.07) is 0. The summed E-state index contributed by atoms with van der Waals surface area (Å²) >= 11 is 0. The molecular weight excluding hydrogens is 716 g/mol. The van der Waals surface area contributed by atoms with E-state index in [0.29, 0.717) is 24.7 Å². The second-order valence-corrected chi connectivity index (χ2v) is 19.8. The van der Waals surface area contributed by atoms with Gasteiger partial charge < -0.3 is 52.5 Å². The molecular formula is C45H68O11. The van der Waals surface area contributed by atoms with Crippen molar-refractivity contribution in [2.75, 3.05) is 0 Å². The molecule has 1 N–H and O–H groups in total. The summed E-state index contributed by atoms with van der Waals surface area (Å²) < 4.78 is 67.6. The van der Waals surface area contributed by atoms with Gasteiger partial charge in [-0.15, -0.1) is 0 Å². The SMILES string of the molecule is C=C1CC(CCC23OC4C5OC(C)CCC5OC5C4OC4(OC(C)CC24)C5O3)OC1CCC1CC(C)C(=C)C(CC2OC3CC(C)C(CC)OC3C(C)C2O)O1. The van der Waals surface area contributed by atoms with Gasteiger partial charge in [0, 0.05) is 18.8 Å². The van der Waals surface area contributed by atoms with Gasteiger partial charge in [-0.1, -0.05) is 40.9 Å². The van der Waals surface area contributed by atoms with Gasteiger partial charge in [-0.3, -0.25) is 0 Å². The van der Waals surface area contributed by atoms with E-state index < -0.39 is 17.7 Å². The topological polar surface area (TPSA) is 113 Å². The number of rotatable bonds is 9. The highest BCUT2D eigenvalue weighted by molar-refractivity contribution is 5.21. The van der Waals surface area contributed by atoms with Crippen LogP contribution >= 0.6 is 0 Å². The van der Waals surface area contributed by atoms with E-state index in [9.17, 15) is 5.11 Å². The van der Waals surface area contributed by atoms with Crippen LogP contribution < -0.4 is 0 Å². The lowest BCUT2D eigenvalue weighted by Crippen LogP contribution is -2.62. The fourth-order valence-electron chi connectivity index (χ4n) is 13.0. The van der Waals surface area contributed by atoms with Crippen LogP contribution in [0.3, 0.4) is 0 Å². The second-order valence-electron chi connectivity index (χ2n) is 19.8. The van der Waals surface area contributed by atoms with E-state index in [4.69, 9.17) is 47.4 Å². The zero-order valence-electron chi connectivity index (χ0n) is 34.6. The molecule has 314 valence electrons. The molecule has 0 radical (unpaired) electrons.